The van der Waals surface area contributed by atoms with Gasteiger partial charge in [-0.05, 0) is 61.2 Å². The molecule has 1 N–H and O–H groups in total. The molecule has 0 spiro atoms. The molecule has 8 heteroatoms. The lowest BCUT2D eigenvalue weighted by Crippen LogP contribution is -2.29. The number of carbonyl (C=O) groups is 1. The summed E-state index contributed by atoms with van der Waals surface area (Å²) in [6.45, 7) is 2.80. The molecule has 1 amide bonds. The first-order valence-corrected chi connectivity index (χ1v) is 12.5. The highest BCUT2D eigenvalue weighted by Gasteiger charge is 2.18. The van der Waals surface area contributed by atoms with Gasteiger partial charge in [-0.1, -0.05) is 42.1 Å². The van der Waals surface area contributed by atoms with Gasteiger partial charge in [0.1, 0.15) is 0 Å². The van der Waals surface area contributed by atoms with E-state index in [1.54, 1.807) is 6.26 Å². The Morgan fingerprint density at radius 2 is 1.74 bits per heavy atom. The summed E-state index contributed by atoms with van der Waals surface area (Å²) in [6, 6.07) is 21.9. The number of rotatable bonds is 8. The van der Waals surface area contributed by atoms with Gasteiger partial charge in [0.05, 0.1) is 18.6 Å². The first-order chi connectivity index (χ1) is 16.8. The fourth-order valence-electron chi connectivity index (χ4n) is 4.13. The second-order valence-electron chi connectivity index (χ2n) is 8.29. The lowest BCUT2D eigenvalue weighted by Gasteiger charge is -2.28. The molecular formula is C26H27N5O2S. The molecule has 0 atom stereocenters. The molecule has 7 nitrogen and oxygen atoms in total. The number of hydrogen-bond acceptors (Lipinski definition) is 6. The highest BCUT2D eigenvalue weighted by atomic mass is 32.2. The number of aromatic nitrogens is 3. The maximum Gasteiger partial charge on any atom is 0.234 e. The Bertz CT molecular complexity index is 1200. The Morgan fingerprint density at radius 1 is 0.941 bits per heavy atom. The average Bonchev–Trinajstić information content (AvgIpc) is 3.55. The number of carbonyl (C=O) groups excluding carboxylic acids is 1. The van der Waals surface area contributed by atoms with E-state index in [4.69, 9.17) is 4.42 Å². The Balaban J connectivity index is 1.24. The number of hydrogen-bond donors (Lipinski definition) is 1. The van der Waals surface area contributed by atoms with Crippen LogP contribution in [0.3, 0.4) is 0 Å². The Morgan fingerprint density at radius 3 is 2.47 bits per heavy atom. The Labute approximate surface area is 203 Å². The van der Waals surface area contributed by atoms with Gasteiger partial charge in [-0.15, -0.1) is 10.2 Å². The number of furan rings is 1. The SMILES string of the molecule is O=C(CSc1nnc(-c2ccco2)n1Cc1ccccc1)Nc1ccc(N2CCCCC2)cc1. The van der Waals surface area contributed by atoms with E-state index in [0.29, 0.717) is 23.3 Å². The van der Waals surface area contributed by atoms with Crippen molar-refractivity contribution in [3.8, 4) is 11.6 Å². The summed E-state index contributed by atoms with van der Waals surface area (Å²) < 4.78 is 7.54. The van der Waals surface area contributed by atoms with Crippen LogP contribution < -0.4 is 10.2 Å². The van der Waals surface area contributed by atoms with Crippen LogP contribution in [0.25, 0.3) is 11.6 Å². The van der Waals surface area contributed by atoms with Crippen LogP contribution in [0.15, 0.2) is 82.6 Å². The second kappa shape index (κ2) is 10.6. The van der Waals surface area contributed by atoms with Gasteiger partial charge in [-0.25, -0.2) is 0 Å². The number of piperidine rings is 1. The van der Waals surface area contributed by atoms with Crippen molar-refractivity contribution in [2.75, 3.05) is 29.1 Å². The van der Waals surface area contributed by atoms with E-state index in [1.165, 1.54) is 36.7 Å². The largest absolute Gasteiger partial charge is 0.461 e. The van der Waals surface area contributed by atoms with Crippen molar-refractivity contribution in [1.29, 1.82) is 0 Å². The van der Waals surface area contributed by atoms with E-state index >= 15 is 0 Å². The molecule has 1 fully saturated rings. The molecule has 0 aliphatic carbocycles. The zero-order chi connectivity index (χ0) is 23.2. The predicted octanol–water partition coefficient (Wildman–Crippen LogP) is 5.31. The average molecular weight is 474 g/mol. The molecule has 0 unspecified atom stereocenters. The minimum absolute atomic E-state index is 0.0791. The zero-order valence-electron chi connectivity index (χ0n) is 18.9. The maximum atomic E-state index is 12.7. The highest BCUT2D eigenvalue weighted by molar-refractivity contribution is 7.99. The topological polar surface area (TPSA) is 76.2 Å². The lowest BCUT2D eigenvalue weighted by atomic mass is 10.1. The van der Waals surface area contributed by atoms with Crippen LogP contribution in [0, 0.1) is 0 Å². The van der Waals surface area contributed by atoms with E-state index < -0.39 is 0 Å². The number of benzene rings is 2. The van der Waals surface area contributed by atoms with E-state index in [2.05, 4.69) is 44.7 Å². The molecule has 4 aromatic rings. The molecule has 3 heterocycles. The second-order valence-corrected chi connectivity index (χ2v) is 9.23. The van der Waals surface area contributed by atoms with Gasteiger partial charge >= 0.3 is 0 Å². The standard InChI is InChI=1S/C26H27N5O2S/c32-24(27-21-11-13-22(14-12-21)30-15-5-2-6-16-30)19-34-26-29-28-25(23-10-7-17-33-23)31(26)18-20-8-3-1-4-9-20/h1,3-4,7-14,17H,2,5-6,15-16,18-19H2,(H,27,32). The number of nitrogens with zero attached hydrogens (tertiary/aromatic N) is 4. The smallest absolute Gasteiger partial charge is 0.234 e. The molecule has 5 rings (SSSR count). The van der Waals surface area contributed by atoms with Gasteiger partial charge in [0.25, 0.3) is 0 Å². The molecule has 1 saturated heterocycles. The van der Waals surface area contributed by atoms with Crippen LogP contribution in [0.4, 0.5) is 11.4 Å². The van der Waals surface area contributed by atoms with Crippen LogP contribution in [-0.4, -0.2) is 39.5 Å². The summed E-state index contributed by atoms with van der Waals surface area (Å²) in [7, 11) is 0. The minimum Gasteiger partial charge on any atom is -0.461 e. The third-order valence-corrected chi connectivity index (χ3v) is 6.81. The van der Waals surface area contributed by atoms with Gasteiger partial charge < -0.3 is 14.6 Å². The third kappa shape index (κ3) is 5.34. The first-order valence-electron chi connectivity index (χ1n) is 11.5. The first kappa shape index (κ1) is 22.3. The predicted molar refractivity (Wildman–Crippen MR) is 135 cm³/mol. The lowest BCUT2D eigenvalue weighted by molar-refractivity contribution is -0.113. The normalized spacial score (nSPS) is 13.7. The minimum atomic E-state index is -0.0791. The molecule has 2 aromatic carbocycles. The Hall–Kier alpha value is -3.52. The summed E-state index contributed by atoms with van der Waals surface area (Å²) in [5.41, 5.74) is 3.13. The number of thioether (sulfide) groups is 1. The summed E-state index contributed by atoms with van der Waals surface area (Å²) in [5.74, 6) is 1.45. The molecule has 0 radical (unpaired) electrons. The van der Waals surface area contributed by atoms with Crippen molar-refractivity contribution < 1.29 is 9.21 Å². The van der Waals surface area contributed by atoms with Gasteiger partial charge in [0.15, 0.2) is 10.9 Å². The van der Waals surface area contributed by atoms with Gasteiger partial charge in [-0.3, -0.25) is 9.36 Å². The van der Waals surface area contributed by atoms with Crippen LogP contribution in [0.1, 0.15) is 24.8 Å². The fourth-order valence-corrected chi connectivity index (χ4v) is 4.86. The highest BCUT2D eigenvalue weighted by Crippen LogP contribution is 2.26. The summed E-state index contributed by atoms with van der Waals surface area (Å²) in [5, 5.41) is 12.3. The van der Waals surface area contributed by atoms with Crippen molar-refractivity contribution >= 4 is 29.0 Å². The molecule has 1 aliphatic rings. The summed E-state index contributed by atoms with van der Waals surface area (Å²) >= 11 is 1.37. The van der Waals surface area contributed by atoms with Crippen molar-refractivity contribution in [3.63, 3.8) is 0 Å². The van der Waals surface area contributed by atoms with Crippen LogP contribution >= 0.6 is 11.8 Å². The molecular weight excluding hydrogens is 446 g/mol. The van der Waals surface area contributed by atoms with Crippen molar-refractivity contribution in [1.82, 2.24) is 14.8 Å². The zero-order valence-corrected chi connectivity index (χ0v) is 19.7. The Kier molecular flexibility index (Phi) is 6.95. The maximum absolute atomic E-state index is 12.7. The molecule has 0 saturated carbocycles. The van der Waals surface area contributed by atoms with Gasteiger partial charge in [0, 0.05) is 24.5 Å². The van der Waals surface area contributed by atoms with Crippen molar-refractivity contribution in [2.45, 2.75) is 31.0 Å². The summed E-state index contributed by atoms with van der Waals surface area (Å²) in [6.07, 6.45) is 5.41. The molecule has 2 aromatic heterocycles. The van der Waals surface area contributed by atoms with Crippen LogP contribution in [0.5, 0.6) is 0 Å². The van der Waals surface area contributed by atoms with E-state index in [0.717, 1.165) is 24.3 Å². The summed E-state index contributed by atoms with van der Waals surface area (Å²) in [4.78, 5) is 15.1. The monoisotopic (exact) mass is 473 g/mol. The van der Waals surface area contributed by atoms with E-state index in [1.807, 2.05) is 47.0 Å². The van der Waals surface area contributed by atoms with E-state index in [9.17, 15) is 4.79 Å². The van der Waals surface area contributed by atoms with Crippen molar-refractivity contribution in [3.05, 3.63) is 78.6 Å². The number of anilines is 2. The van der Waals surface area contributed by atoms with Gasteiger partial charge in [-0.2, -0.15) is 0 Å². The van der Waals surface area contributed by atoms with E-state index in [-0.39, 0.29) is 11.7 Å². The molecule has 34 heavy (non-hydrogen) atoms. The number of nitrogens with one attached hydrogen (secondary N) is 1. The fraction of sp³-hybridized carbons (Fsp3) is 0.269. The molecule has 1 aliphatic heterocycles. The molecule has 0 bridgehead atoms. The molecule has 174 valence electrons. The van der Waals surface area contributed by atoms with Crippen LogP contribution in [-0.2, 0) is 11.3 Å². The number of amides is 1. The third-order valence-electron chi connectivity index (χ3n) is 5.85. The van der Waals surface area contributed by atoms with Crippen molar-refractivity contribution in [2.24, 2.45) is 0 Å². The van der Waals surface area contributed by atoms with Crippen LogP contribution in [0.2, 0.25) is 0 Å². The quantitative estimate of drug-likeness (QED) is 0.350. The van der Waals surface area contributed by atoms with Gasteiger partial charge in [0.2, 0.25) is 11.7 Å².